The molecule has 0 radical (unpaired) electrons. The minimum atomic E-state index is -0.216. The van der Waals surface area contributed by atoms with Crippen LogP contribution in [0.4, 0.5) is 4.39 Å². The molecule has 0 unspecified atom stereocenters. The van der Waals surface area contributed by atoms with E-state index in [1.54, 1.807) is 18.2 Å². The maximum atomic E-state index is 12.9. The van der Waals surface area contributed by atoms with Gasteiger partial charge in [0.2, 0.25) is 17.1 Å². The van der Waals surface area contributed by atoms with Crippen LogP contribution in [-0.2, 0) is 17.1 Å². The fraction of sp³-hybridized carbons (Fsp3) is 0.125. The van der Waals surface area contributed by atoms with Gasteiger partial charge in [-0.05, 0) is 6.07 Å². The lowest BCUT2D eigenvalue weighted by molar-refractivity contribution is 0.617. The van der Waals surface area contributed by atoms with Gasteiger partial charge in [-0.2, -0.15) is 0 Å². The van der Waals surface area contributed by atoms with E-state index in [0.717, 1.165) is 0 Å². The molecule has 1 rings (SSSR count). The third-order valence-corrected chi connectivity index (χ3v) is 2.14. The zero-order valence-electron chi connectivity index (χ0n) is 6.87. The Kier molecular flexibility index (Phi) is 5.73. The van der Waals surface area contributed by atoms with Crippen molar-refractivity contribution in [2.24, 2.45) is 11.5 Å². The summed E-state index contributed by atoms with van der Waals surface area (Å²) in [6.45, 7) is 0. The molecule has 5 heteroatoms. The number of rotatable bonds is 2. The monoisotopic (exact) mass is 221 g/mol. The number of benzene rings is 1. The summed E-state index contributed by atoms with van der Waals surface area (Å²) in [6.07, 6.45) is 0. The van der Waals surface area contributed by atoms with E-state index >= 15 is 0 Å². The Labute approximate surface area is 86.5 Å². The molecule has 0 aliphatic heterocycles. The number of halogens is 2. The summed E-state index contributed by atoms with van der Waals surface area (Å²) < 4.78 is 12.9. The highest BCUT2D eigenvalue weighted by Gasteiger charge is 2.06. The van der Waals surface area contributed by atoms with Gasteiger partial charge in [-0.1, -0.05) is 18.2 Å². The van der Waals surface area contributed by atoms with Gasteiger partial charge in [-0.25, -0.2) is 15.9 Å². The molecule has 0 saturated carbocycles. The first-order chi connectivity index (χ1) is 5.70. The van der Waals surface area contributed by atoms with E-state index in [2.05, 4.69) is 0 Å². The number of hydrogen-bond donors (Lipinski definition) is 2. The molecule has 0 saturated heterocycles. The van der Waals surface area contributed by atoms with Crippen LogP contribution in [-0.4, -0.2) is 5.11 Å². The van der Waals surface area contributed by atoms with E-state index in [1.807, 2.05) is 0 Å². The summed E-state index contributed by atoms with van der Waals surface area (Å²) in [5.74, 6) is 0.265. The van der Waals surface area contributed by atoms with Crippen LogP contribution in [0.15, 0.2) is 24.3 Å². The van der Waals surface area contributed by atoms with Crippen LogP contribution in [0.25, 0.3) is 0 Å². The molecule has 1 aromatic carbocycles. The molecule has 0 aromatic heterocycles. The molecule has 0 heterocycles. The maximum absolute atomic E-state index is 12.9. The molecule has 0 spiro atoms. The van der Waals surface area contributed by atoms with Gasteiger partial charge in [0.1, 0.15) is 5.82 Å². The predicted molar refractivity (Wildman–Crippen MR) is 58.1 cm³/mol. The van der Waals surface area contributed by atoms with E-state index in [9.17, 15) is 4.39 Å². The fourth-order valence-corrected chi connectivity index (χ4v) is 1.33. The molecule has 0 fully saturated rings. The molecule has 0 bridgehead atoms. The highest BCUT2D eigenvalue weighted by atomic mass is 35.5. The highest BCUT2D eigenvalue weighted by Crippen LogP contribution is 2.05. The van der Waals surface area contributed by atoms with Crippen molar-refractivity contribution in [2.45, 2.75) is 5.75 Å². The Balaban J connectivity index is 0.00000144. The van der Waals surface area contributed by atoms with Crippen molar-refractivity contribution in [3.8, 4) is 0 Å². The first-order valence-corrected chi connectivity index (χ1v) is 4.43. The van der Waals surface area contributed by atoms with E-state index in [4.69, 9.17) is 11.5 Å². The Hall–Kier alpha value is -0.550. The van der Waals surface area contributed by atoms with Gasteiger partial charge in [-0.15, -0.1) is 12.4 Å². The molecule has 4 N–H and O–H groups in total. The lowest BCUT2D eigenvalue weighted by atomic mass is 10.2. The lowest BCUT2D eigenvalue weighted by Gasteiger charge is -1.90. The van der Waals surface area contributed by atoms with Crippen LogP contribution in [0, 0.1) is 5.82 Å². The smallest absolute Gasteiger partial charge is 0.243 e. The van der Waals surface area contributed by atoms with Gasteiger partial charge in [-0.3, -0.25) is 0 Å². The van der Waals surface area contributed by atoms with Crippen molar-refractivity contribution in [1.82, 2.24) is 0 Å². The Morgan fingerprint density at radius 2 is 1.92 bits per heavy atom. The van der Waals surface area contributed by atoms with Gasteiger partial charge < -0.3 is 0 Å². The van der Waals surface area contributed by atoms with Crippen molar-refractivity contribution in [3.63, 3.8) is 0 Å². The van der Waals surface area contributed by atoms with Crippen LogP contribution < -0.4 is 11.5 Å². The van der Waals surface area contributed by atoms with Crippen LogP contribution >= 0.6 is 12.4 Å². The molecule has 2 nitrogen and oxygen atoms in total. The zero-order chi connectivity index (χ0) is 8.97. The largest absolute Gasteiger partial charge is 0.315 e. The zero-order valence-corrected chi connectivity index (χ0v) is 8.50. The molecule has 0 aliphatic rings. The van der Waals surface area contributed by atoms with Crippen LogP contribution in [0.1, 0.15) is 5.56 Å². The number of hydrogen-bond acceptors (Lipinski definition) is 0. The Morgan fingerprint density at radius 1 is 1.31 bits per heavy atom. The third-order valence-electron chi connectivity index (χ3n) is 1.35. The normalized spacial score (nSPS) is 8.85. The summed E-state index contributed by atoms with van der Waals surface area (Å²) in [4.78, 5) is 0. The highest BCUT2D eigenvalue weighted by molar-refractivity contribution is 7.77. The standard InChI is InChI=1S/C8H10FN2S.ClH/c9-7-4-2-1-3-6(7)5-12-8(10)11;/h1-4H,5,10-11H2;1H/q+1;. The van der Waals surface area contributed by atoms with E-state index in [1.165, 1.54) is 17.4 Å². The van der Waals surface area contributed by atoms with Crippen molar-refractivity contribution >= 4 is 28.9 Å². The van der Waals surface area contributed by atoms with Gasteiger partial charge in [0.15, 0.2) is 0 Å². The van der Waals surface area contributed by atoms with Crippen molar-refractivity contribution in [3.05, 3.63) is 35.6 Å². The SMILES string of the molecule is Cl.NC(N)=[S+]Cc1ccccc1F. The summed E-state index contributed by atoms with van der Waals surface area (Å²) >= 11 is 1.23. The molecule has 0 atom stereocenters. The Morgan fingerprint density at radius 3 is 2.46 bits per heavy atom. The molecular formula is C8H11ClFN2S+. The minimum Gasteiger partial charge on any atom is -0.243 e. The first kappa shape index (κ1) is 12.4. The molecule has 72 valence electrons. The summed E-state index contributed by atoms with van der Waals surface area (Å²) in [6, 6.07) is 6.57. The lowest BCUT2D eigenvalue weighted by Crippen LogP contribution is -2.23. The average Bonchev–Trinajstić information content (AvgIpc) is 2.03. The van der Waals surface area contributed by atoms with Gasteiger partial charge >= 0.3 is 5.11 Å². The van der Waals surface area contributed by atoms with Crippen LogP contribution in [0.5, 0.6) is 0 Å². The second-order valence-electron chi connectivity index (χ2n) is 2.28. The van der Waals surface area contributed by atoms with Crippen molar-refractivity contribution in [2.75, 3.05) is 0 Å². The van der Waals surface area contributed by atoms with E-state index in [0.29, 0.717) is 11.3 Å². The van der Waals surface area contributed by atoms with Crippen molar-refractivity contribution < 1.29 is 4.39 Å². The summed E-state index contributed by atoms with van der Waals surface area (Å²) in [5.41, 5.74) is 11.1. The van der Waals surface area contributed by atoms with Gasteiger partial charge in [0, 0.05) is 5.56 Å². The molecule has 13 heavy (non-hydrogen) atoms. The molecule has 1 aromatic rings. The summed E-state index contributed by atoms with van der Waals surface area (Å²) in [7, 11) is 0. The second-order valence-corrected chi connectivity index (χ2v) is 3.33. The van der Waals surface area contributed by atoms with Gasteiger partial charge in [0.05, 0.1) is 0 Å². The molecular weight excluding hydrogens is 211 g/mol. The fourth-order valence-electron chi connectivity index (χ4n) is 0.777. The topological polar surface area (TPSA) is 52.0 Å². The third kappa shape index (κ3) is 4.28. The molecule has 0 amide bonds. The first-order valence-electron chi connectivity index (χ1n) is 3.44. The average molecular weight is 222 g/mol. The van der Waals surface area contributed by atoms with Crippen molar-refractivity contribution in [1.29, 1.82) is 0 Å². The Bertz CT molecular complexity index is 300. The van der Waals surface area contributed by atoms with Gasteiger partial charge in [0.25, 0.3) is 0 Å². The minimum absolute atomic E-state index is 0. The quantitative estimate of drug-likeness (QED) is 0.574. The molecule has 0 aliphatic carbocycles. The number of nitrogens with two attached hydrogens (primary N) is 2. The van der Waals surface area contributed by atoms with E-state index < -0.39 is 0 Å². The van der Waals surface area contributed by atoms with Crippen LogP contribution in [0.2, 0.25) is 0 Å². The second kappa shape index (κ2) is 5.99. The van der Waals surface area contributed by atoms with Crippen LogP contribution in [0.3, 0.4) is 0 Å². The summed E-state index contributed by atoms with van der Waals surface area (Å²) in [5, 5.41) is 0.262. The predicted octanol–water partition coefficient (Wildman–Crippen LogP) is 0.835. The van der Waals surface area contributed by atoms with E-state index in [-0.39, 0.29) is 23.3 Å². The maximum Gasteiger partial charge on any atom is 0.315 e.